The Labute approximate surface area is 181 Å². The SMILES string of the molecule is CCCCCCn1c(=N)c(C(=O)N2CCN(C)CC2)cc2c(=O)n3ccccc3nc21. The summed E-state index contributed by atoms with van der Waals surface area (Å²) in [6.45, 7) is 5.57. The Balaban J connectivity index is 1.86. The number of unbranched alkanes of at least 4 members (excludes halogenated alkanes) is 3. The molecule has 31 heavy (non-hydrogen) atoms. The number of nitrogens with zero attached hydrogens (tertiary/aromatic N) is 5. The Morgan fingerprint density at radius 1 is 1.13 bits per heavy atom. The second-order valence-corrected chi connectivity index (χ2v) is 8.30. The lowest BCUT2D eigenvalue weighted by molar-refractivity contribution is 0.0661. The van der Waals surface area contributed by atoms with Crippen LogP contribution in [0.2, 0.25) is 0 Å². The Morgan fingerprint density at radius 3 is 2.65 bits per heavy atom. The van der Waals surface area contributed by atoms with Crippen LogP contribution in [-0.4, -0.2) is 62.9 Å². The molecule has 164 valence electrons. The van der Waals surface area contributed by atoms with Gasteiger partial charge in [-0.05, 0) is 31.7 Å². The lowest BCUT2D eigenvalue weighted by atomic mass is 10.1. The number of carbonyl (C=O) groups excluding carboxylic acids is 1. The smallest absolute Gasteiger partial charge is 0.267 e. The van der Waals surface area contributed by atoms with Crippen LogP contribution in [0.4, 0.5) is 0 Å². The van der Waals surface area contributed by atoms with Gasteiger partial charge in [0.1, 0.15) is 16.8 Å². The molecule has 3 aromatic heterocycles. The summed E-state index contributed by atoms with van der Waals surface area (Å²) in [6.07, 6.45) is 5.83. The Hall–Kier alpha value is -3.00. The molecule has 4 heterocycles. The van der Waals surface area contributed by atoms with Crippen molar-refractivity contribution in [3.63, 3.8) is 0 Å². The van der Waals surface area contributed by atoms with Crippen LogP contribution in [0.5, 0.6) is 0 Å². The van der Waals surface area contributed by atoms with Gasteiger partial charge in [0.05, 0.1) is 10.9 Å². The number of rotatable bonds is 6. The molecule has 8 nitrogen and oxygen atoms in total. The average molecular weight is 423 g/mol. The molecule has 1 amide bonds. The average Bonchev–Trinajstić information content (AvgIpc) is 2.78. The molecule has 1 saturated heterocycles. The largest absolute Gasteiger partial charge is 0.336 e. The van der Waals surface area contributed by atoms with Crippen molar-refractivity contribution in [1.29, 1.82) is 5.41 Å². The van der Waals surface area contributed by atoms with Crippen molar-refractivity contribution in [3.05, 3.63) is 51.9 Å². The number of fused-ring (bicyclic) bond motifs is 2. The fourth-order valence-corrected chi connectivity index (χ4v) is 4.14. The number of nitrogens with one attached hydrogen (secondary N) is 1. The molecule has 0 aliphatic carbocycles. The van der Waals surface area contributed by atoms with Gasteiger partial charge in [0.2, 0.25) is 0 Å². The number of aromatic nitrogens is 3. The highest BCUT2D eigenvalue weighted by molar-refractivity contribution is 5.97. The molecule has 8 heteroatoms. The van der Waals surface area contributed by atoms with Crippen LogP contribution in [0, 0.1) is 5.41 Å². The Morgan fingerprint density at radius 2 is 1.90 bits per heavy atom. The molecular weight excluding hydrogens is 392 g/mol. The van der Waals surface area contributed by atoms with Gasteiger partial charge in [-0.25, -0.2) is 4.98 Å². The Kier molecular flexibility index (Phi) is 6.18. The number of piperazine rings is 1. The van der Waals surface area contributed by atoms with E-state index in [1.807, 2.05) is 13.1 Å². The lowest BCUT2D eigenvalue weighted by Gasteiger charge is -2.32. The first-order valence-electron chi connectivity index (χ1n) is 11.1. The number of amides is 1. The third-order valence-corrected chi connectivity index (χ3v) is 6.07. The molecule has 3 aromatic rings. The van der Waals surface area contributed by atoms with Crippen molar-refractivity contribution in [2.24, 2.45) is 0 Å². The summed E-state index contributed by atoms with van der Waals surface area (Å²) >= 11 is 0. The summed E-state index contributed by atoms with van der Waals surface area (Å²) in [6, 6.07) is 6.99. The first kappa shape index (κ1) is 21.2. The van der Waals surface area contributed by atoms with Gasteiger partial charge in [-0.3, -0.25) is 19.4 Å². The van der Waals surface area contributed by atoms with Crippen LogP contribution < -0.4 is 11.0 Å². The summed E-state index contributed by atoms with van der Waals surface area (Å²) in [5.74, 6) is -0.181. The fourth-order valence-electron chi connectivity index (χ4n) is 4.14. The third-order valence-electron chi connectivity index (χ3n) is 6.07. The lowest BCUT2D eigenvalue weighted by Crippen LogP contribution is -2.48. The Bertz CT molecular complexity index is 1220. The summed E-state index contributed by atoms with van der Waals surface area (Å²) in [5.41, 5.74) is 1.23. The minimum atomic E-state index is -0.213. The first-order valence-corrected chi connectivity index (χ1v) is 11.1. The normalized spacial score (nSPS) is 15.1. The number of hydrogen-bond acceptors (Lipinski definition) is 5. The molecule has 1 fully saturated rings. The van der Waals surface area contributed by atoms with Crippen molar-refractivity contribution in [3.8, 4) is 0 Å². The van der Waals surface area contributed by atoms with Gasteiger partial charge in [-0.1, -0.05) is 32.3 Å². The fraction of sp³-hybridized carbons (Fsp3) is 0.478. The van der Waals surface area contributed by atoms with Crippen LogP contribution in [0.15, 0.2) is 35.3 Å². The molecule has 1 N–H and O–H groups in total. The minimum absolute atomic E-state index is 0.139. The van der Waals surface area contributed by atoms with E-state index in [0.29, 0.717) is 36.3 Å². The highest BCUT2D eigenvalue weighted by atomic mass is 16.2. The van der Waals surface area contributed by atoms with E-state index in [1.165, 1.54) is 4.40 Å². The van der Waals surface area contributed by atoms with Gasteiger partial charge < -0.3 is 14.4 Å². The predicted molar refractivity (Wildman–Crippen MR) is 120 cm³/mol. The van der Waals surface area contributed by atoms with Gasteiger partial charge in [0.15, 0.2) is 0 Å². The zero-order valence-corrected chi connectivity index (χ0v) is 18.3. The predicted octanol–water partition coefficient (Wildman–Crippen LogP) is 2.10. The standard InChI is InChI=1S/C23H30N6O2/c1-3-4-5-7-11-29-20(24)17(22(30)27-14-12-26(2)13-15-27)16-18-21(29)25-19-9-6-8-10-28(19)23(18)31/h6,8-10,16,24H,3-5,7,11-15H2,1-2H3. The summed E-state index contributed by atoms with van der Waals surface area (Å²) < 4.78 is 3.25. The van der Waals surface area contributed by atoms with Crippen molar-refractivity contribution in [2.45, 2.75) is 39.2 Å². The van der Waals surface area contributed by atoms with E-state index >= 15 is 0 Å². The molecule has 0 atom stereocenters. The monoisotopic (exact) mass is 422 g/mol. The van der Waals surface area contributed by atoms with Crippen LogP contribution in [-0.2, 0) is 6.54 Å². The molecule has 0 unspecified atom stereocenters. The third kappa shape index (κ3) is 4.12. The van der Waals surface area contributed by atoms with E-state index in [0.717, 1.165) is 38.8 Å². The number of carbonyl (C=O) groups is 1. The van der Waals surface area contributed by atoms with Crippen LogP contribution in [0.3, 0.4) is 0 Å². The molecular formula is C23H30N6O2. The van der Waals surface area contributed by atoms with E-state index in [-0.39, 0.29) is 22.5 Å². The maximum atomic E-state index is 13.3. The van der Waals surface area contributed by atoms with Crippen molar-refractivity contribution < 1.29 is 4.79 Å². The second-order valence-electron chi connectivity index (χ2n) is 8.30. The van der Waals surface area contributed by atoms with E-state index in [1.54, 1.807) is 33.9 Å². The summed E-state index contributed by atoms with van der Waals surface area (Å²) in [7, 11) is 2.04. The van der Waals surface area contributed by atoms with Gasteiger partial charge in [0, 0.05) is 38.9 Å². The molecule has 1 aliphatic heterocycles. The molecule has 0 saturated carbocycles. The van der Waals surface area contributed by atoms with Crippen molar-refractivity contribution >= 4 is 22.6 Å². The topological polar surface area (TPSA) is 86.7 Å². The van der Waals surface area contributed by atoms with Gasteiger partial charge in [-0.2, -0.15) is 0 Å². The van der Waals surface area contributed by atoms with E-state index in [9.17, 15) is 9.59 Å². The molecule has 0 radical (unpaired) electrons. The summed E-state index contributed by atoms with van der Waals surface area (Å²) in [5, 5.41) is 9.21. The number of hydrogen-bond donors (Lipinski definition) is 1. The van der Waals surface area contributed by atoms with Crippen molar-refractivity contribution in [2.75, 3.05) is 33.2 Å². The van der Waals surface area contributed by atoms with Crippen LogP contribution in [0.25, 0.3) is 16.7 Å². The number of likely N-dealkylation sites (N-methyl/N-ethyl adjacent to an activating group) is 1. The van der Waals surface area contributed by atoms with E-state index in [2.05, 4.69) is 11.8 Å². The zero-order valence-electron chi connectivity index (χ0n) is 18.3. The molecule has 0 bridgehead atoms. The zero-order chi connectivity index (χ0) is 22.0. The molecule has 1 aliphatic rings. The number of aryl methyl sites for hydroxylation is 1. The van der Waals surface area contributed by atoms with Crippen molar-refractivity contribution in [1.82, 2.24) is 23.8 Å². The number of pyridine rings is 2. The molecule has 4 rings (SSSR count). The highest BCUT2D eigenvalue weighted by Gasteiger charge is 2.24. The maximum absolute atomic E-state index is 13.3. The minimum Gasteiger partial charge on any atom is -0.336 e. The van der Waals surface area contributed by atoms with Crippen LogP contribution >= 0.6 is 0 Å². The van der Waals surface area contributed by atoms with Crippen LogP contribution in [0.1, 0.15) is 43.0 Å². The maximum Gasteiger partial charge on any atom is 0.267 e. The van der Waals surface area contributed by atoms with E-state index in [4.69, 9.17) is 10.4 Å². The second kappa shape index (κ2) is 9.01. The highest BCUT2D eigenvalue weighted by Crippen LogP contribution is 2.14. The van der Waals surface area contributed by atoms with E-state index < -0.39 is 0 Å². The van der Waals surface area contributed by atoms with Gasteiger partial charge in [-0.15, -0.1) is 0 Å². The molecule has 0 spiro atoms. The van der Waals surface area contributed by atoms with Gasteiger partial charge >= 0.3 is 0 Å². The molecule has 0 aromatic carbocycles. The first-order chi connectivity index (χ1) is 15.0. The quantitative estimate of drug-likeness (QED) is 0.487. The van der Waals surface area contributed by atoms with Gasteiger partial charge in [0.25, 0.3) is 11.5 Å². The summed E-state index contributed by atoms with van der Waals surface area (Å²) in [4.78, 5) is 35.2.